The number of carbonyl (C=O) groups excluding carboxylic acids is 1. The van der Waals surface area contributed by atoms with Gasteiger partial charge in [0.2, 0.25) is 0 Å². The van der Waals surface area contributed by atoms with E-state index in [1.165, 1.54) is 24.3 Å². The molecule has 1 atom stereocenters. The first kappa shape index (κ1) is 12.2. The molecule has 0 N–H and O–H groups in total. The highest BCUT2D eigenvalue weighted by Gasteiger charge is 2.55. The van der Waals surface area contributed by atoms with E-state index in [2.05, 4.69) is 15.9 Å². The van der Waals surface area contributed by atoms with Gasteiger partial charge in [0.25, 0.3) is 0 Å². The Bertz CT molecular complexity index is 336. The molecule has 0 aromatic heterocycles. The molecular formula is C10H8BrF3O. The summed E-state index contributed by atoms with van der Waals surface area (Å²) in [6, 6.07) is 7.14. The third-order valence-corrected chi connectivity index (χ3v) is 3.09. The van der Waals surface area contributed by atoms with Gasteiger partial charge in [0.1, 0.15) is 6.29 Å². The largest absolute Gasteiger partial charge is 0.405 e. The van der Waals surface area contributed by atoms with Crippen molar-refractivity contribution in [2.45, 2.75) is 11.6 Å². The Kier molecular flexibility index (Phi) is 3.54. The fraction of sp³-hybridized carbons (Fsp3) is 0.300. The summed E-state index contributed by atoms with van der Waals surface area (Å²) in [5, 5.41) is -0.475. The molecule has 0 bridgehead atoms. The number of alkyl halides is 4. The Balaban J connectivity index is 3.30. The molecular weight excluding hydrogens is 273 g/mol. The Hall–Kier alpha value is -0.840. The number of rotatable bonds is 3. The lowest BCUT2D eigenvalue weighted by Gasteiger charge is -2.28. The molecule has 1 unspecified atom stereocenters. The topological polar surface area (TPSA) is 17.1 Å². The number of aldehydes is 1. The second-order valence-electron chi connectivity index (χ2n) is 3.09. The molecule has 1 aromatic rings. The average molecular weight is 281 g/mol. The zero-order valence-corrected chi connectivity index (χ0v) is 9.18. The van der Waals surface area contributed by atoms with Gasteiger partial charge in [-0.3, -0.25) is 0 Å². The zero-order chi connectivity index (χ0) is 11.5. The van der Waals surface area contributed by atoms with Gasteiger partial charge in [-0.2, -0.15) is 13.2 Å². The van der Waals surface area contributed by atoms with Gasteiger partial charge >= 0.3 is 6.18 Å². The molecule has 0 aliphatic carbocycles. The molecule has 0 heterocycles. The van der Waals surface area contributed by atoms with E-state index in [9.17, 15) is 18.0 Å². The molecule has 0 radical (unpaired) electrons. The first-order valence-corrected chi connectivity index (χ1v) is 5.24. The molecule has 5 heteroatoms. The third-order valence-electron chi connectivity index (χ3n) is 2.21. The molecule has 0 fully saturated rings. The van der Waals surface area contributed by atoms with E-state index < -0.39 is 16.9 Å². The maximum atomic E-state index is 12.8. The first-order valence-electron chi connectivity index (χ1n) is 4.12. The lowest BCUT2D eigenvalue weighted by molar-refractivity contribution is -0.181. The quantitative estimate of drug-likeness (QED) is 0.614. The van der Waals surface area contributed by atoms with Crippen LogP contribution in [0, 0.1) is 0 Å². The van der Waals surface area contributed by atoms with Crippen LogP contribution in [-0.4, -0.2) is 17.8 Å². The smallest absolute Gasteiger partial charge is 0.302 e. The van der Waals surface area contributed by atoms with E-state index in [0.717, 1.165) is 0 Å². The molecule has 0 saturated carbocycles. The van der Waals surface area contributed by atoms with E-state index in [-0.39, 0.29) is 11.8 Å². The normalized spacial score (nSPS) is 15.7. The van der Waals surface area contributed by atoms with Crippen LogP contribution < -0.4 is 0 Å². The summed E-state index contributed by atoms with van der Waals surface area (Å²) in [7, 11) is 0. The summed E-state index contributed by atoms with van der Waals surface area (Å²) in [5.41, 5.74) is -2.50. The van der Waals surface area contributed by atoms with Gasteiger partial charge < -0.3 is 4.79 Å². The fourth-order valence-electron chi connectivity index (χ4n) is 1.22. The van der Waals surface area contributed by atoms with E-state index in [1.807, 2.05) is 0 Å². The van der Waals surface area contributed by atoms with Crippen LogP contribution in [0.2, 0.25) is 0 Å². The van der Waals surface area contributed by atoms with E-state index in [1.54, 1.807) is 6.07 Å². The van der Waals surface area contributed by atoms with Crippen molar-refractivity contribution in [2.24, 2.45) is 0 Å². The van der Waals surface area contributed by atoms with E-state index in [4.69, 9.17) is 0 Å². The molecule has 1 rings (SSSR count). The van der Waals surface area contributed by atoms with Crippen LogP contribution in [0.5, 0.6) is 0 Å². The highest BCUT2D eigenvalue weighted by molar-refractivity contribution is 9.09. The standard InChI is InChI=1S/C10H8BrF3O/c11-6-9(7-15,10(12,13)14)8-4-2-1-3-5-8/h1-5,7H,6H2. The molecule has 0 amide bonds. The van der Waals surface area contributed by atoms with Crippen LogP contribution in [-0.2, 0) is 10.2 Å². The van der Waals surface area contributed by atoms with Crippen molar-refractivity contribution < 1.29 is 18.0 Å². The van der Waals surface area contributed by atoms with Crippen LogP contribution in [0.25, 0.3) is 0 Å². The van der Waals surface area contributed by atoms with Crippen LogP contribution in [0.4, 0.5) is 13.2 Å². The lowest BCUT2D eigenvalue weighted by atomic mass is 9.83. The highest BCUT2D eigenvalue weighted by atomic mass is 79.9. The van der Waals surface area contributed by atoms with Gasteiger partial charge in [-0.25, -0.2) is 0 Å². The SMILES string of the molecule is O=CC(CBr)(c1ccccc1)C(F)(F)F. The number of halogens is 4. The van der Waals surface area contributed by atoms with Gasteiger partial charge in [-0.05, 0) is 5.56 Å². The second-order valence-corrected chi connectivity index (χ2v) is 3.65. The van der Waals surface area contributed by atoms with Crippen LogP contribution in [0.3, 0.4) is 0 Å². The van der Waals surface area contributed by atoms with Crippen molar-refractivity contribution in [1.82, 2.24) is 0 Å². The van der Waals surface area contributed by atoms with Crippen molar-refractivity contribution in [3.8, 4) is 0 Å². The van der Waals surface area contributed by atoms with Crippen molar-refractivity contribution in [3.05, 3.63) is 35.9 Å². The number of benzene rings is 1. The summed E-state index contributed by atoms with van der Waals surface area (Å²) in [6.45, 7) is 0. The maximum Gasteiger partial charge on any atom is 0.405 e. The monoisotopic (exact) mass is 280 g/mol. The minimum atomic E-state index is -4.60. The van der Waals surface area contributed by atoms with Crippen LogP contribution in [0.1, 0.15) is 5.56 Å². The molecule has 82 valence electrons. The van der Waals surface area contributed by atoms with Crippen molar-refractivity contribution >= 4 is 22.2 Å². The fourth-order valence-corrected chi connectivity index (χ4v) is 1.99. The Morgan fingerprint density at radius 1 is 1.20 bits per heavy atom. The van der Waals surface area contributed by atoms with Crippen molar-refractivity contribution in [3.63, 3.8) is 0 Å². The predicted molar refractivity (Wildman–Crippen MR) is 54.0 cm³/mol. The summed E-state index contributed by atoms with van der Waals surface area (Å²) in [4.78, 5) is 10.8. The summed E-state index contributed by atoms with van der Waals surface area (Å²) in [6.07, 6.45) is -4.66. The lowest BCUT2D eigenvalue weighted by Crippen LogP contribution is -2.45. The molecule has 1 aromatic carbocycles. The summed E-state index contributed by atoms with van der Waals surface area (Å²) >= 11 is 2.75. The van der Waals surface area contributed by atoms with Gasteiger partial charge in [-0.15, -0.1) is 0 Å². The molecule has 15 heavy (non-hydrogen) atoms. The molecule has 0 saturated heterocycles. The van der Waals surface area contributed by atoms with Crippen molar-refractivity contribution in [1.29, 1.82) is 0 Å². The third kappa shape index (κ3) is 2.07. The van der Waals surface area contributed by atoms with Gasteiger partial charge in [-0.1, -0.05) is 46.3 Å². The second kappa shape index (κ2) is 4.35. The Labute approximate surface area is 93.4 Å². The Morgan fingerprint density at radius 2 is 1.73 bits per heavy atom. The maximum absolute atomic E-state index is 12.8. The molecule has 1 nitrogen and oxygen atoms in total. The van der Waals surface area contributed by atoms with Crippen molar-refractivity contribution in [2.75, 3.05) is 5.33 Å². The first-order chi connectivity index (χ1) is 6.98. The Morgan fingerprint density at radius 3 is 2.07 bits per heavy atom. The number of carbonyl (C=O) groups is 1. The average Bonchev–Trinajstić information content (AvgIpc) is 2.20. The van der Waals surface area contributed by atoms with E-state index in [0.29, 0.717) is 0 Å². The number of hydrogen-bond acceptors (Lipinski definition) is 1. The summed E-state index contributed by atoms with van der Waals surface area (Å²) in [5.74, 6) is 0. The molecule has 0 aliphatic rings. The van der Waals surface area contributed by atoms with Gasteiger partial charge in [0.05, 0.1) is 0 Å². The molecule has 0 aliphatic heterocycles. The summed E-state index contributed by atoms with van der Waals surface area (Å²) < 4.78 is 38.4. The van der Waals surface area contributed by atoms with Gasteiger partial charge in [0, 0.05) is 5.33 Å². The predicted octanol–water partition coefficient (Wildman–Crippen LogP) is 3.08. The minimum absolute atomic E-state index is 0.0515. The highest BCUT2D eigenvalue weighted by Crippen LogP contribution is 2.40. The van der Waals surface area contributed by atoms with E-state index >= 15 is 0 Å². The van der Waals surface area contributed by atoms with Crippen LogP contribution in [0.15, 0.2) is 30.3 Å². The van der Waals surface area contributed by atoms with Gasteiger partial charge in [0.15, 0.2) is 5.41 Å². The molecule has 0 spiro atoms. The van der Waals surface area contributed by atoms with Crippen LogP contribution >= 0.6 is 15.9 Å². The number of hydrogen-bond donors (Lipinski definition) is 0. The minimum Gasteiger partial charge on any atom is -0.302 e. The zero-order valence-electron chi connectivity index (χ0n) is 7.59.